The van der Waals surface area contributed by atoms with Gasteiger partial charge in [0.15, 0.2) is 6.29 Å². The highest BCUT2D eigenvalue weighted by atomic mass is 32.2. The lowest BCUT2D eigenvalue weighted by molar-refractivity contribution is -0.252. The van der Waals surface area contributed by atoms with E-state index in [0.29, 0.717) is 13.0 Å². The van der Waals surface area contributed by atoms with Crippen LogP contribution in [0.5, 0.6) is 0 Å². The summed E-state index contributed by atoms with van der Waals surface area (Å²) in [5.74, 6) is 0. The molecule has 1 saturated heterocycles. The molecule has 1 aromatic heterocycles. The Morgan fingerprint density at radius 3 is 2.27 bits per heavy atom. The number of aromatic nitrogens is 2. The topological polar surface area (TPSA) is 103 Å². The number of benzene rings is 4. The molecule has 41 heavy (non-hydrogen) atoms. The number of aliphatic hydroxyl groups excluding tert-OH is 1. The van der Waals surface area contributed by atoms with Crippen molar-refractivity contribution in [1.82, 2.24) is 14.3 Å². The van der Waals surface area contributed by atoms with Gasteiger partial charge in [0.25, 0.3) is 0 Å². The molecule has 1 fully saturated rings. The van der Waals surface area contributed by atoms with Crippen molar-refractivity contribution in [2.24, 2.45) is 0 Å². The van der Waals surface area contributed by atoms with E-state index >= 15 is 0 Å². The molecule has 1 aliphatic heterocycles. The maximum atomic E-state index is 12.6. The molecule has 6 rings (SSSR count). The predicted molar refractivity (Wildman–Crippen MR) is 155 cm³/mol. The van der Waals surface area contributed by atoms with Crippen LogP contribution < -0.4 is 4.72 Å². The second-order valence-electron chi connectivity index (χ2n) is 10.1. The Hall–Kier alpha value is -3.86. The number of fused-ring (bicyclic) bond motifs is 1. The summed E-state index contributed by atoms with van der Waals surface area (Å²) in [6.45, 7) is 0.771. The van der Waals surface area contributed by atoms with Crippen molar-refractivity contribution < 1.29 is 23.0 Å². The predicted octanol–water partition coefficient (Wildman–Crippen LogP) is 5.25. The van der Waals surface area contributed by atoms with Crippen LogP contribution in [0, 0.1) is 0 Å². The molecule has 2 heterocycles. The minimum atomic E-state index is -3.60. The van der Waals surface area contributed by atoms with Crippen molar-refractivity contribution in [2.75, 3.05) is 0 Å². The number of nitrogens with one attached hydrogen (secondary N) is 1. The number of nitrogens with zero attached hydrogens (tertiary/aromatic N) is 2. The minimum absolute atomic E-state index is 0.0122. The van der Waals surface area contributed by atoms with Crippen molar-refractivity contribution in [2.45, 2.75) is 49.5 Å². The van der Waals surface area contributed by atoms with E-state index in [2.05, 4.69) is 20.3 Å². The van der Waals surface area contributed by atoms with Gasteiger partial charge in [-0.1, -0.05) is 78.9 Å². The highest BCUT2D eigenvalue weighted by Gasteiger charge is 2.32. The minimum Gasteiger partial charge on any atom is -0.392 e. The summed E-state index contributed by atoms with van der Waals surface area (Å²) in [5, 5.41) is 9.47. The van der Waals surface area contributed by atoms with Gasteiger partial charge < -0.3 is 19.1 Å². The standard InChI is InChI=1S/C32H31N3O5S/c36-21-24-12-14-25(15-13-24)31-18-27(20-35-22-33-29-8-4-5-9-30(29)35)39-32(40-31)26-16-10-23(11-17-26)19-34-41(37,38)28-6-2-1-3-7-28/h1-17,22,27,31-32,34,36H,18-21H2. The fourth-order valence-corrected chi connectivity index (χ4v) is 6.10. The monoisotopic (exact) mass is 569 g/mol. The molecule has 0 spiro atoms. The lowest BCUT2D eigenvalue weighted by atomic mass is 10.00. The van der Waals surface area contributed by atoms with E-state index in [-0.39, 0.29) is 30.3 Å². The van der Waals surface area contributed by atoms with E-state index in [1.807, 2.05) is 73.1 Å². The van der Waals surface area contributed by atoms with Crippen molar-refractivity contribution >= 4 is 21.1 Å². The zero-order valence-corrected chi connectivity index (χ0v) is 23.2. The molecule has 210 valence electrons. The number of ether oxygens (including phenoxy) is 2. The molecular formula is C32H31N3O5S. The van der Waals surface area contributed by atoms with E-state index < -0.39 is 16.3 Å². The van der Waals surface area contributed by atoms with Crippen LogP contribution in [0.4, 0.5) is 0 Å². The van der Waals surface area contributed by atoms with Crippen molar-refractivity contribution in [3.05, 3.63) is 132 Å². The van der Waals surface area contributed by atoms with Gasteiger partial charge in [-0.15, -0.1) is 0 Å². The smallest absolute Gasteiger partial charge is 0.240 e. The molecule has 3 atom stereocenters. The Labute approximate surface area is 239 Å². The van der Waals surface area contributed by atoms with Gasteiger partial charge in [0.05, 0.1) is 47.6 Å². The summed E-state index contributed by atoms with van der Waals surface area (Å²) in [6, 6.07) is 31.7. The number of para-hydroxylation sites is 2. The van der Waals surface area contributed by atoms with Crippen LogP contribution in [-0.4, -0.2) is 29.2 Å². The number of imidazole rings is 1. The summed E-state index contributed by atoms with van der Waals surface area (Å²) in [7, 11) is -3.60. The van der Waals surface area contributed by atoms with E-state index in [1.165, 1.54) is 0 Å². The van der Waals surface area contributed by atoms with E-state index in [9.17, 15) is 13.5 Å². The summed E-state index contributed by atoms with van der Waals surface area (Å²) >= 11 is 0. The average molecular weight is 570 g/mol. The third-order valence-electron chi connectivity index (χ3n) is 7.31. The molecule has 0 saturated carbocycles. The fourth-order valence-electron chi connectivity index (χ4n) is 5.06. The molecule has 5 aromatic rings. The van der Waals surface area contributed by atoms with Crippen LogP contribution in [0.2, 0.25) is 0 Å². The number of aliphatic hydroxyl groups is 1. The third kappa shape index (κ3) is 6.24. The zero-order chi connectivity index (χ0) is 28.2. The van der Waals surface area contributed by atoms with E-state index in [0.717, 1.165) is 33.3 Å². The Morgan fingerprint density at radius 1 is 0.829 bits per heavy atom. The van der Waals surface area contributed by atoms with Crippen LogP contribution in [0.15, 0.2) is 114 Å². The Morgan fingerprint density at radius 2 is 1.51 bits per heavy atom. The molecule has 3 unspecified atom stereocenters. The quantitative estimate of drug-likeness (QED) is 0.251. The SMILES string of the molecule is O=S(=O)(NCc1ccc(C2OC(Cn3cnc4ccccc43)CC(c3ccc(CO)cc3)O2)cc1)c1ccccc1. The van der Waals surface area contributed by atoms with Crippen molar-refractivity contribution in [1.29, 1.82) is 0 Å². The largest absolute Gasteiger partial charge is 0.392 e. The van der Waals surface area contributed by atoms with Gasteiger partial charge in [-0.05, 0) is 41.0 Å². The van der Waals surface area contributed by atoms with Gasteiger partial charge >= 0.3 is 0 Å². The Balaban J connectivity index is 1.20. The molecule has 2 N–H and O–H groups in total. The van der Waals surface area contributed by atoms with Gasteiger partial charge in [0.1, 0.15) is 0 Å². The molecule has 0 aliphatic carbocycles. The lowest BCUT2D eigenvalue weighted by Gasteiger charge is -2.36. The number of hydrogen-bond donors (Lipinski definition) is 2. The molecule has 9 heteroatoms. The summed E-state index contributed by atoms with van der Waals surface area (Å²) in [5.41, 5.74) is 5.51. The highest BCUT2D eigenvalue weighted by molar-refractivity contribution is 7.89. The van der Waals surface area contributed by atoms with Gasteiger partial charge in [0, 0.05) is 18.5 Å². The number of rotatable bonds is 9. The number of sulfonamides is 1. The normalized spacial score (nSPS) is 19.4. The van der Waals surface area contributed by atoms with Crippen LogP contribution in [0.3, 0.4) is 0 Å². The molecule has 0 amide bonds. The molecule has 0 radical (unpaired) electrons. The van der Waals surface area contributed by atoms with Crippen molar-refractivity contribution in [3.63, 3.8) is 0 Å². The molecular weight excluding hydrogens is 538 g/mol. The maximum Gasteiger partial charge on any atom is 0.240 e. The van der Waals surface area contributed by atoms with Crippen LogP contribution in [0.25, 0.3) is 11.0 Å². The summed E-state index contributed by atoms with van der Waals surface area (Å²) < 4.78 is 42.9. The molecule has 1 aliphatic rings. The first-order chi connectivity index (χ1) is 20.0. The molecule has 0 bridgehead atoms. The maximum absolute atomic E-state index is 12.6. The first-order valence-electron chi connectivity index (χ1n) is 13.5. The first kappa shape index (κ1) is 27.3. The van der Waals surface area contributed by atoms with Crippen LogP contribution in [0.1, 0.15) is 41.1 Å². The first-order valence-corrected chi connectivity index (χ1v) is 15.0. The second kappa shape index (κ2) is 11.9. The lowest BCUT2D eigenvalue weighted by Crippen LogP contribution is -2.32. The van der Waals surface area contributed by atoms with Gasteiger partial charge in [-0.2, -0.15) is 0 Å². The van der Waals surface area contributed by atoms with Gasteiger partial charge in [-0.25, -0.2) is 18.1 Å². The third-order valence-corrected chi connectivity index (χ3v) is 8.73. The van der Waals surface area contributed by atoms with E-state index in [4.69, 9.17) is 9.47 Å². The van der Waals surface area contributed by atoms with E-state index in [1.54, 1.807) is 30.3 Å². The number of hydrogen-bond acceptors (Lipinski definition) is 6. The summed E-state index contributed by atoms with van der Waals surface area (Å²) in [6.07, 6.45) is 1.53. The van der Waals surface area contributed by atoms with Crippen LogP contribution in [-0.2, 0) is 39.2 Å². The fraction of sp³-hybridized carbons (Fsp3) is 0.219. The van der Waals surface area contributed by atoms with Crippen molar-refractivity contribution in [3.8, 4) is 0 Å². The van der Waals surface area contributed by atoms with Gasteiger partial charge in [-0.3, -0.25) is 0 Å². The average Bonchev–Trinajstić information content (AvgIpc) is 3.43. The Kier molecular flexibility index (Phi) is 7.95. The molecule has 8 nitrogen and oxygen atoms in total. The highest BCUT2D eigenvalue weighted by Crippen LogP contribution is 2.38. The zero-order valence-electron chi connectivity index (χ0n) is 22.3. The van der Waals surface area contributed by atoms with Crippen LogP contribution >= 0.6 is 0 Å². The Bertz CT molecular complexity index is 1700. The second-order valence-corrected chi connectivity index (χ2v) is 11.9. The molecule has 4 aromatic carbocycles. The van der Waals surface area contributed by atoms with Gasteiger partial charge in [0.2, 0.25) is 10.0 Å². The summed E-state index contributed by atoms with van der Waals surface area (Å²) in [4.78, 5) is 4.76.